The molecule has 0 aromatic carbocycles. The van der Waals surface area contributed by atoms with E-state index in [0.717, 1.165) is 12.5 Å². The summed E-state index contributed by atoms with van der Waals surface area (Å²) in [6.45, 7) is 5.78. The number of nitrogens with zero attached hydrogens (tertiary/aromatic N) is 2. The predicted molar refractivity (Wildman–Crippen MR) is 80.8 cm³/mol. The molecule has 2 unspecified atom stereocenters. The van der Waals surface area contributed by atoms with Gasteiger partial charge in [-0.2, -0.15) is 0 Å². The Morgan fingerprint density at radius 3 is 2.83 bits per heavy atom. The summed E-state index contributed by atoms with van der Waals surface area (Å²) >= 11 is 0. The minimum Gasteiger partial charge on any atom is -0.319 e. The summed E-state index contributed by atoms with van der Waals surface area (Å²) < 4.78 is 0. The Bertz CT molecular complexity index is 321. The summed E-state index contributed by atoms with van der Waals surface area (Å²) in [5, 5.41) is 3.27. The highest BCUT2D eigenvalue weighted by atomic mass is 35.5. The highest BCUT2D eigenvalue weighted by molar-refractivity contribution is 5.85. The zero-order valence-corrected chi connectivity index (χ0v) is 12.6. The monoisotopic (exact) mass is 291 g/mol. The smallest absolute Gasteiger partial charge is 0.0572 e. The fourth-order valence-corrected chi connectivity index (χ4v) is 2.48. The zero-order chi connectivity index (χ0) is 11.4. The Morgan fingerprint density at radius 2 is 2.22 bits per heavy atom. The van der Waals surface area contributed by atoms with Crippen LogP contribution < -0.4 is 5.32 Å². The average molecular weight is 292 g/mol. The minimum atomic E-state index is 0. The molecular formula is C13H23Cl2N3. The normalized spacial score (nSPS) is 20.9. The van der Waals surface area contributed by atoms with Crippen LogP contribution in [0.25, 0.3) is 0 Å². The summed E-state index contributed by atoms with van der Waals surface area (Å²) in [7, 11) is 2.03. The third-order valence-electron chi connectivity index (χ3n) is 3.47. The number of aromatic nitrogens is 1. The van der Waals surface area contributed by atoms with Crippen LogP contribution in [0.3, 0.4) is 0 Å². The van der Waals surface area contributed by atoms with Crippen molar-refractivity contribution in [1.82, 2.24) is 15.2 Å². The SMILES string of the molecule is CNCC1CCN(C(C)c2ccccn2)C1.Cl.Cl. The van der Waals surface area contributed by atoms with Gasteiger partial charge in [-0.1, -0.05) is 6.07 Å². The van der Waals surface area contributed by atoms with Crippen molar-refractivity contribution in [2.24, 2.45) is 5.92 Å². The molecule has 1 N–H and O–H groups in total. The van der Waals surface area contributed by atoms with Crippen molar-refractivity contribution in [3.8, 4) is 0 Å². The van der Waals surface area contributed by atoms with Crippen LogP contribution in [-0.4, -0.2) is 36.6 Å². The Morgan fingerprint density at radius 1 is 1.44 bits per heavy atom. The lowest BCUT2D eigenvalue weighted by Crippen LogP contribution is -2.27. The van der Waals surface area contributed by atoms with Crippen LogP contribution in [0.1, 0.15) is 25.1 Å². The van der Waals surface area contributed by atoms with Gasteiger partial charge in [-0.3, -0.25) is 9.88 Å². The van der Waals surface area contributed by atoms with E-state index in [2.05, 4.69) is 34.3 Å². The van der Waals surface area contributed by atoms with E-state index in [4.69, 9.17) is 0 Å². The van der Waals surface area contributed by atoms with Gasteiger partial charge >= 0.3 is 0 Å². The lowest BCUT2D eigenvalue weighted by atomic mass is 10.1. The molecule has 5 heteroatoms. The second-order valence-corrected chi connectivity index (χ2v) is 4.64. The number of halogens is 2. The summed E-state index contributed by atoms with van der Waals surface area (Å²) in [6.07, 6.45) is 3.19. The van der Waals surface area contributed by atoms with Gasteiger partial charge in [0.2, 0.25) is 0 Å². The second-order valence-electron chi connectivity index (χ2n) is 4.64. The number of rotatable bonds is 4. The average Bonchev–Trinajstić information content (AvgIpc) is 2.78. The highest BCUT2D eigenvalue weighted by Crippen LogP contribution is 2.25. The van der Waals surface area contributed by atoms with E-state index >= 15 is 0 Å². The Kier molecular flexibility index (Phi) is 8.53. The first-order valence-electron chi connectivity index (χ1n) is 6.11. The Hall–Kier alpha value is -0.350. The van der Waals surface area contributed by atoms with Gasteiger partial charge in [-0.05, 0) is 51.5 Å². The number of likely N-dealkylation sites (tertiary alicyclic amines) is 1. The predicted octanol–water partition coefficient (Wildman–Crippen LogP) is 2.53. The number of pyridine rings is 1. The zero-order valence-electron chi connectivity index (χ0n) is 11.0. The summed E-state index contributed by atoms with van der Waals surface area (Å²) in [4.78, 5) is 6.97. The molecule has 0 bridgehead atoms. The van der Waals surface area contributed by atoms with Crippen LogP contribution in [0.2, 0.25) is 0 Å². The van der Waals surface area contributed by atoms with Gasteiger partial charge in [0.1, 0.15) is 0 Å². The van der Waals surface area contributed by atoms with Crippen LogP contribution in [0.5, 0.6) is 0 Å². The molecule has 1 aliphatic rings. The van der Waals surface area contributed by atoms with Crippen LogP contribution in [0.4, 0.5) is 0 Å². The van der Waals surface area contributed by atoms with Gasteiger partial charge in [0.25, 0.3) is 0 Å². The van der Waals surface area contributed by atoms with Crippen LogP contribution in [0.15, 0.2) is 24.4 Å². The molecular weight excluding hydrogens is 269 g/mol. The molecule has 1 saturated heterocycles. The van der Waals surface area contributed by atoms with Crippen molar-refractivity contribution in [3.63, 3.8) is 0 Å². The largest absolute Gasteiger partial charge is 0.319 e. The third kappa shape index (κ3) is 4.39. The fourth-order valence-electron chi connectivity index (χ4n) is 2.48. The van der Waals surface area contributed by atoms with Crippen molar-refractivity contribution in [2.45, 2.75) is 19.4 Å². The Labute approximate surface area is 122 Å². The molecule has 2 atom stereocenters. The molecule has 3 nitrogen and oxygen atoms in total. The van der Waals surface area contributed by atoms with E-state index in [1.807, 2.05) is 19.3 Å². The summed E-state index contributed by atoms with van der Waals surface area (Å²) in [5.41, 5.74) is 1.19. The maximum atomic E-state index is 4.44. The molecule has 0 spiro atoms. The van der Waals surface area contributed by atoms with Crippen molar-refractivity contribution in [2.75, 3.05) is 26.7 Å². The van der Waals surface area contributed by atoms with E-state index < -0.39 is 0 Å². The van der Waals surface area contributed by atoms with E-state index in [9.17, 15) is 0 Å². The fraction of sp³-hybridized carbons (Fsp3) is 0.615. The van der Waals surface area contributed by atoms with Crippen molar-refractivity contribution in [3.05, 3.63) is 30.1 Å². The molecule has 1 aliphatic heterocycles. The highest BCUT2D eigenvalue weighted by Gasteiger charge is 2.26. The molecule has 0 radical (unpaired) electrons. The second kappa shape index (κ2) is 8.70. The van der Waals surface area contributed by atoms with E-state index in [1.54, 1.807) is 0 Å². The van der Waals surface area contributed by atoms with E-state index in [1.165, 1.54) is 25.2 Å². The van der Waals surface area contributed by atoms with Gasteiger partial charge in [0.15, 0.2) is 0 Å². The molecule has 18 heavy (non-hydrogen) atoms. The molecule has 0 amide bonds. The Balaban J connectivity index is 0.00000144. The van der Waals surface area contributed by atoms with Gasteiger partial charge in [-0.15, -0.1) is 24.8 Å². The van der Waals surface area contributed by atoms with E-state index in [-0.39, 0.29) is 24.8 Å². The molecule has 104 valence electrons. The van der Waals surface area contributed by atoms with Gasteiger partial charge in [0.05, 0.1) is 5.69 Å². The van der Waals surface area contributed by atoms with Gasteiger partial charge in [-0.25, -0.2) is 0 Å². The van der Waals surface area contributed by atoms with Gasteiger partial charge < -0.3 is 5.32 Å². The van der Waals surface area contributed by atoms with Crippen LogP contribution in [0, 0.1) is 5.92 Å². The lowest BCUT2D eigenvalue weighted by Gasteiger charge is -2.23. The topological polar surface area (TPSA) is 28.2 Å². The number of hydrogen-bond acceptors (Lipinski definition) is 3. The van der Waals surface area contributed by atoms with Crippen molar-refractivity contribution >= 4 is 24.8 Å². The van der Waals surface area contributed by atoms with Crippen LogP contribution in [-0.2, 0) is 0 Å². The standard InChI is InChI=1S/C13H21N3.2ClH/c1-11(13-5-3-4-7-15-13)16-8-6-12(10-16)9-14-2;;/h3-5,7,11-12,14H,6,8-10H2,1-2H3;2*1H. The summed E-state index contributed by atoms with van der Waals surface area (Å²) in [5.74, 6) is 0.802. The van der Waals surface area contributed by atoms with Crippen LogP contribution >= 0.6 is 24.8 Å². The molecule has 1 fully saturated rings. The van der Waals surface area contributed by atoms with Gasteiger partial charge in [0, 0.05) is 18.8 Å². The molecule has 2 heterocycles. The number of nitrogens with one attached hydrogen (secondary N) is 1. The molecule has 0 aliphatic carbocycles. The first-order chi connectivity index (χ1) is 7.81. The lowest BCUT2D eigenvalue weighted by molar-refractivity contribution is 0.248. The minimum absolute atomic E-state index is 0. The van der Waals surface area contributed by atoms with E-state index in [0.29, 0.717) is 6.04 Å². The van der Waals surface area contributed by atoms with Crippen molar-refractivity contribution in [1.29, 1.82) is 0 Å². The molecule has 1 aromatic rings. The first kappa shape index (κ1) is 17.6. The third-order valence-corrected chi connectivity index (χ3v) is 3.47. The summed E-state index contributed by atoms with van der Waals surface area (Å²) in [6, 6.07) is 6.61. The molecule has 2 rings (SSSR count). The first-order valence-corrected chi connectivity index (χ1v) is 6.11. The van der Waals surface area contributed by atoms with Crippen molar-refractivity contribution < 1.29 is 0 Å². The quantitative estimate of drug-likeness (QED) is 0.924. The maximum Gasteiger partial charge on any atom is 0.0572 e. The maximum absolute atomic E-state index is 4.44. The number of hydrogen-bond donors (Lipinski definition) is 1. The molecule has 1 aromatic heterocycles. The molecule has 0 saturated carbocycles.